The van der Waals surface area contributed by atoms with Crippen molar-refractivity contribution in [3.8, 4) is 0 Å². The topological polar surface area (TPSA) is 66.4 Å². The molecule has 2 N–H and O–H groups in total. The third kappa shape index (κ3) is 24.9. The summed E-state index contributed by atoms with van der Waals surface area (Å²) < 4.78 is 0. The van der Waals surface area contributed by atoms with Gasteiger partial charge in [-0.1, -0.05) is 110 Å². The van der Waals surface area contributed by atoms with Gasteiger partial charge in [0.25, 0.3) is 0 Å². The van der Waals surface area contributed by atoms with Crippen molar-refractivity contribution < 1.29 is 14.7 Å². The first kappa shape index (κ1) is 27.9. The van der Waals surface area contributed by atoms with Gasteiger partial charge in [-0.05, 0) is 19.3 Å². The lowest BCUT2D eigenvalue weighted by Gasteiger charge is -2.06. The van der Waals surface area contributed by atoms with Crippen molar-refractivity contribution in [3.63, 3.8) is 0 Å². The van der Waals surface area contributed by atoms with Crippen molar-refractivity contribution in [2.45, 2.75) is 142 Å². The number of carbonyl (C=O) groups excluding carboxylic acids is 1. The summed E-state index contributed by atoms with van der Waals surface area (Å²) in [5.74, 6) is -0.452. The second kappa shape index (κ2) is 23.2. The number of hydrogen-bond acceptors (Lipinski definition) is 2. The summed E-state index contributed by atoms with van der Waals surface area (Å²) in [6, 6.07) is 0. The smallest absolute Gasteiger partial charge is 0.303 e. The molecule has 29 heavy (non-hydrogen) atoms. The molecule has 0 saturated carbocycles. The lowest BCUT2D eigenvalue weighted by molar-refractivity contribution is -0.137. The average Bonchev–Trinajstić information content (AvgIpc) is 2.70. The predicted octanol–water partition coefficient (Wildman–Crippen LogP) is 7.40. The van der Waals surface area contributed by atoms with E-state index in [1.807, 2.05) is 0 Å². The van der Waals surface area contributed by atoms with Crippen LogP contribution in [0.1, 0.15) is 142 Å². The molecule has 0 atom stereocenters. The molecule has 0 fully saturated rings. The first-order chi connectivity index (χ1) is 14.2. The van der Waals surface area contributed by atoms with Crippen molar-refractivity contribution in [3.05, 3.63) is 0 Å². The summed E-state index contributed by atoms with van der Waals surface area (Å²) in [6.07, 6.45) is 24.3. The number of unbranched alkanes of at least 4 members (excludes halogenated alkanes) is 17. The number of carbonyl (C=O) groups is 2. The molecule has 1 amide bonds. The summed E-state index contributed by atoms with van der Waals surface area (Å²) in [4.78, 5) is 22.2. The second-order valence-electron chi connectivity index (χ2n) is 8.61. The molecule has 0 saturated heterocycles. The van der Waals surface area contributed by atoms with Crippen molar-refractivity contribution in [2.24, 2.45) is 0 Å². The van der Waals surface area contributed by atoms with Crippen LogP contribution in [0.2, 0.25) is 0 Å². The Morgan fingerprint density at radius 2 is 0.931 bits per heavy atom. The van der Waals surface area contributed by atoms with Crippen LogP contribution in [-0.4, -0.2) is 23.5 Å². The van der Waals surface area contributed by atoms with Crippen LogP contribution in [0.15, 0.2) is 0 Å². The molecule has 0 aromatic carbocycles. The number of rotatable bonds is 23. The van der Waals surface area contributed by atoms with Crippen molar-refractivity contribution in [1.82, 2.24) is 5.32 Å². The van der Waals surface area contributed by atoms with Gasteiger partial charge in [-0.3, -0.25) is 9.59 Å². The van der Waals surface area contributed by atoms with Gasteiger partial charge in [-0.25, -0.2) is 0 Å². The van der Waals surface area contributed by atoms with E-state index in [9.17, 15) is 9.59 Å². The maximum Gasteiger partial charge on any atom is 0.303 e. The molecule has 0 aliphatic heterocycles. The predicted molar refractivity (Wildman–Crippen MR) is 123 cm³/mol. The zero-order valence-corrected chi connectivity index (χ0v) is 19.3. The van der Waals surface area contributed by atoms with Crippen molar-refractivity contribution >= 4 is 11.9 Å². The third-order valence-electron chi connectivity index (χ3n) is 5.65. The molecule has 172 valence electrons. The summed E-state index contributed by atoms with van der Waals surface area (Å²) >= 11 is 0. The Hall–Kier alpha value is -1.06. The number of amides is 1. The molecule has 0 bridgehead atoms. The highest BCUT2D eigenvalue weighted by Gasteiger charge is 2.01. The van der Waals surface area contributed by atoms with E-state index in [2.05, 4.69) is 12.2 Å². The first-order valence-electron chi connectivity index (χ1n) is 12.6. The zero-order chi connectivity index (χ0) is 21.4. The summed E-state index contributed by atoms with van der Waals surface area (Å²) in [6.45, 7) is 3.08. The van der Waals surface area contributed by atoms with Crippen LogP contribution in [0.4, 0.5) is 0 Å². The fraction of sp³-hybridized carbons (Fsp3) is 0.920. The average molecular weight is 412 g/mol. The van der Waals surface area contributed by atoms with Gasteiger partial charge >= 0.3 is 5.97 Å². The minimum absolute atomic E-state index is 0.228. The highest BCUT2D eigenvalue weighted by Crippen LogP contribution is 2.12. The van der Waals surface area contributed by atoms with E-state index < -0.39 is 5.97 Å². The highest BCUT2D eigenvalue weighted by atomic mass is 16.4. The lowest BCUT2D eigenvalue weighted by atomic mass is 10.1. The van der Waals surface area contributed by atoms with Gasteiger partial charge < -0.3 is 10.4 Å². The van der Waals surface area contributed by atoms with E-state index in [1.54, 1.807) is 0 Å². The Kier molecular flexibility index (Phi) is 22.4. The maximum atomic E-state index is 11.8. The van der Waals surface area contributed by atoms with Gasteiger partial charge in [-0.15, -0.1) is 0 Å². The molecular formula is C25H49NO3. The highest BCUT2D eigenvalue weighted by molar-refractivity contribution is 5.75. The normalized spacial score (nSPS) is 10.9. The molecule has 0 aromatic heterocycles. The molecule has 4 heteroatoms. The van der Waals surface area contributed by atoms with Crippen LogP contribution in [-0.2, 0) is 9.59 Å². The molecule has 0 aliphatic rings. The Morgan fingerprint density at radius 1 is 0.552 bits per heavy atom. The van der Waals surface area contributed by atoms with Crippen LogP contribution in [0.5, 0.6) is 0 Å². The van der Waals surface area contributed by atoms with E-state index in [-0.39, 0.29) is 5.91 Å². The monoisotopic (exact) mass is 411 g/mol. The molecule has 0 radical (unpaired) electrons. The van der Waals surface area contributed by atoms with Crippen LogP contribution < -0.4 is 5.32 Å². The Morgan fingerprint density at radius 3 is 1.38 bits per heavy atom. The largest absolute Gasteiger partial charge is 0.481 e. The zero-order valence-electron chi connectivity index (χ0n) is 19.3. The Labute approximate surface area is 180 Å². The molecule has 0 heterocycles. The minimum Gasteiger partial charge on any atom is -0.481 e. The standard InChI is InChI=1S/C25H49NO3/c1-2-3-4-5-6-7-9-12-15-18-21-24(27)26-23-20-17-14-11-8-10-13-16-19-22-25(28)29/h2-23H2,1H3,(H,26,27)(H,28,29). The Balaban J connectivity index is 3.16. The van der Waals surface area contributed by atoms with Crippen LogP contribution >= 0.6 is 0 Å². The quantitative estimate of drug-likeness (QED) is 0.172. The van der Waals surface area contributed by atoms with Gasteiger partial charge in [0.2, 0.25) is 5.91 Å². The van der Waals surface area contributed by atoms with Crippen LogP contribution in [0.3, 0.4) is 0 Å². The van der Waals surface area contributed by atoms with E-state index in [0.29, 0.717) is 12.8 Å². The summed E-state index contributed by atoms with van der Waals surface area (Å²) in [7, 11) is 0. The van der Waals surface area contributed by atoms with Gasteiger partial charge in [0.15, 0.2) is 0 Å². The van der Waals surface area contributed by atoms with Crippen LogP contribution in [0.25, 0.3) is 0 Å². The van der Waals surface area contributed by atoms with Crippen molar-refractivity contribution in [2.75, 3.05) is 6.54 Å². The van der Waals surface area contributed by atoms with E-state index in [1.165, 1.54) is 89.9 Å². The summed E-state index contributed by atoms with van der Waals surface area (Å²) in [5.41, 5.74) is 0. The molecule has 0 unspecified atom stereocenters. The fourth-order valence-electron chi connectivity index (χ4n) is 3.73. The van der Waals surface area contributed by atoms with E-state index >= 15 is 0 Å². The SMILES string of the molecule is CCCCCCCCCCCCC(=O)NCCCCCCCCCCCC(=O)O. The molecule has 0 spiro atoms. The van der Waals surface area contributed by atoms with E-state index in [4.69, 9.17) is 5.11 Å². The van der Waals surface area contributed by atoms with Gasteiger partial charge in [0, 0.05) is 19.4 Å². The third-order valence-corrected chi connectivity index (χ3v) is 5.65. The van der Waals surface area contributed by atoms with Gasteiger partial charge in [0.1, 0.15) is 0 Å². The number of carboxylic acids is 1. The first-order valence-corrected chi connectivity index (χ1v) is 12.6. The number of carboxylic acid groups (broad SMARTS) is 1. The lowest BCUT2D eigenvalue weighted by Crippen LogP contribution is -2.23. The maximum absolute atomic E-state index is 11.8. The molecule has 0 aliphatic carbocycles. The number of aliphatic carboxylic acids is 1. The minimum atomic E-state index is -0.680. The molecule has 4 nitrogen and oxygen atoms in total. The number of nitrogens with one attached hydrogen (secondary N) is 1. The second-order valence-corrected chi connectivity index (χ2v) is 8.61. The van der Waals surface area contributed by atoms with Gasteiger partial charge in [0.05, 0.1) is 0 Å². The summed E-state index contributed by atoms with van der Waals surface area (Å²) in [5, 5.41) is 11.6. The molecule has 0 aromatic rings. The van der Waals surface area contributed by atoms with Crippen LogP contribution in [0, 0.1) is 0 Å². The number of hydrogen-bond donors (Lipinski definition) is 2. The molecule has 0 rings (SSSR count). The van der Waals surface area contributed by atoms with Crippen molar-refractivity contribution in [1.29, 1.82) is 0 Å². The fourth-order valence-corrected chi connectivity index (χ4v) is 3.73. The van der Waals surface area contributed by atoms with E-state index in [0.717, 1.165) is 38.6 Å². The van der Waals surface area contributed by atoms with Gasteiger partial charge in [-0.2, -0.15) is 0 Å². The Bertz CT molecular complexity index is 371. The molecular weight excluding hydrogens is 362 g/mol.